The summed E-state index contributed by atoms with van der Waals surface area (Å²) >= 11 is 0. The van der Waals surface area contributed by atoms with Gasteiger partial charge in [0.15, 0.2) is 0 Å². The van der Waals surface area contributed by atoms with Gasteiger partial charge in [0.25, 0.3) is 15.9 Å². The van der Waals surface area contributed by atoms with Crippen molar-refractivity contribution in [1.29, 1.82) is 0 Å². The first kappa shape index (κ1) is 14.0. The first-order valence-electron chi connectivity index (χ1n) is 5.63. The lowest BCUT2D eigenvalue weighted by molar-refractivity contribution is 0.0981. The summed E-state index contributed by atoms with van der Waals surface area (Å²) in [7, 11) is -3.96. The summed E-state index contributed by atoms with van der Waals surface area (Å²) in [6.45, 7) is 0. The van der Waals surface area contributed by atoms with Gasteiger partial charge in [0.1, 0.15) is 0 Å². The number of hydrogen-bond acceptors (Lipinski definition) is 4. The lowest BCUT2D eigenvalue weighted by Gasteiger charge is -2.06. The van der Waals surface area contributed by atoms with Gasteiger partial charge in [-0.3, -0.25) is 9.59 Å². The van der Waals surface area contributed by atoms with Crippen molar-refractivity contribution in [3.8, 4) is 0 Å². The van der Waals surface area contributed by atoms with Gasteiger partial charge in [-0.15, -0.1) is 0 Å². The zero-order valence-corrected chi connectivity index (χ0v) is 11.1. The topological polar surface area (TPSA) is 80.3 Å². The van der Waals surface area contributed by atoms with Crippen LogP contribution in [0, 0.1) is 0 Å². The monoisotopic (exact) mass is 288 g/mol. The maximum absolute atomic E-state index is 12.0. The number of sulfonamides is 1. The van der Waals surface area contributed by atoms with Gasteiger partial charge in [0, 0.05) is 11.1 Å². The Bertz CT molecular complexity index is 722. The standard InChI is InChI=1S/C14H10NO4S/c16-10-11-6-8-13(9-7-11)20(18,19)15-14(17)12-4-2-1-3-5-12/h1-9H,(H,15,17). The molecule has 0 aromatic heterocycles. The Labute approximate surface area is 116 Å². The second-order valence-electron chi connectivity index (χ2n) is 3.93. The minimum absolute atomic E-state index is 0.0965. The van der Waals surface area contributed by atoms with Crippen LogP contribution >= 0.6 is 0 Å². The molecule has 2 aromatic carbocycles. The van der Waals surface area contributed by atoms with E-state index in [0.29, 0.717) is 0 Å². The van der Waals surface area contributed by atoms with Crippen LogP contribution in [0.2, 0.25) is 0 Å². The van der Waals surface area contributed by atoms with E-state index in [4.69, 9.17) is 0 Å². The molecule has 0 aliphatic heterocycles. The molecule has 0 bridgehead atoms. The van der Waals surface area contributed by atoms with Crippen molar-refractivity contribution in [3.63, 3.8) is 0 Å². The van der Waals surface area contributed by atoms with Crippen LogP contribution < -0.4 is 4.72 Å². The first-order chi connectivity index (χ1) is 9.53. The molecule has 0 saturated carbocycles. The van der Waals surface area contributed by atoms with E-state index in [-0.39, 0.29) is 16.0 Å². The van der Waals surface area contributed by atoms with Crippen molar-refractivity contribution in [2.75, 3.05) is 0 Å². The lowest BCUT2D eigenvalue weighted by Crippen LogP contribution is -2.30. The second-order valence-corrected chi connectivity index (χ2v) is 5.61. The molecule has 6 heteroatoms. The molecule has 0 spiro atoms. The lowest BCUT2D eigenvalue weighted by atomic mass is 10.2. The first-order valence-corrected chi connectivity index (χ1v) is 7.12. The molecule has 0 atom stereocenters. The van der Waals surface area contributed by atoms with E-state index >= 15 is 0 Å². The largest absolute Gasteiger partial charge is 0.285 e. The second kappa shape index (κ2) is 5.66. The summed E-state index contributed by atoms with van der Waals surface area (Å²) in [4.78, 5) is 22.1. The van der Waals surface area contributed by atoms with Gasteiger partial charge in [-0.25, -0.2) is 13.1 Å². The van der Waals surface area contributed by atoms with Crippen LogP contribution in [0.15, 0.2) is 59.5 Å². The van der Waals surface area contributed by atoms with Gasteiger partial charge in [0.2, 0.25) is 6.29 Å². The number of carbonyl (C=O) groups is 1. The minimum Gasteiger partial charge on any atom is -0.285 e. The van der Waals surface area contributed by atoms with E-state index in [1.165, 1.54) is 36.4 Å². The van der Waals surface area contributed by atoms with Crippen molar-refractivity contribution in [1.82, 2.24) is 4.72 Å². The highest BCUT2D eigenvalue weighted by molar-refractivity contribution is 7.90. The zero-order chi connectivity index (χ0) is 14.6. The third-order valence-corrected chi connectivity index (χ3v) is 3.89. The number of amides is 1. The van der Waals surface area contributed by atoms with E-state index in [0.717, 1.165) is 0 Å². The number of nitrogens with one attached hydrogen (secondary N) is 1. The van der Waals surface area contributed by atoms with E-state index in [2.05, 4.69) is 0 Å². The Hall–Kier alpha value is -2.47. The fraction of sp³-hybridized carbons (Fsp3) is 0. The molecule has 1 amide bonds. The highest BCUT2D eigenvalue weighted by Crippen LogP contribution is 2.10. The SMILES string of the molecule is O=[C]c1ccc(S(=O)(=O)NC(=O)c2ccccc2)cc1. The summed E-state index contributed by atoms with van der Waals surface area (Å²) in [5.41, 5.74) is 0.479. The molecule has 20 heavy (non-hydrogen) atoms. The van der Waals surface area contributed by atoms with Gasteiger partial charge in [-0.2, -0.15) is 0 Å². The number of benzene rings is 2. The summed E-state index contributed by atoms with van der Waals surface area (Å²) < 4.78 is 25.9. The minimum atomic E-state index is -3.96. The van der Waals surface area contributed by atoms with Crippen molar-refractivity contribution >= 4 is 22.2 Å². The summed E-state index contributed by atoms with van der Waals surface area (Å²) in [5.74, 6) is -0.711. The molecule has 0 aliphatic rings. The summed E-state index contributed by atoms with van der Waals surface area (Å²) in [6.07, 6.45) is 1.64. The van der Waals surface area contributed by atoms with Gasteiger partial charge in [-0.05, 0) is 36.4 Å². The molecule has 2 rings (SSSR count). The smallest absolute Gasteiger partial charge is 0.264 e. The molecule has 1 radical (unpaired) electrons. The summed E-state index contributed by atoms with van der Waals surface area (Å²) in [6, 6.07) is 13.1. The Balaban J connectivity index is 2.22. The predicted molar refractivity (Wildman–Crippen MR) is 72.3 cm³/mol. The average molecular weight is 288 g/mol. The number of rotatable bonds is 4. The highest BCUT2D eigenvalue weighted by atomic mass is 32.2. The zero-order valence-electron chi connectivity index (χ0n) is 10.2. The molecule has 0 unspecified atom stereocenters. The Kier molecular flexibility index (Phi) is 3.95. The van der Waals surface area contributed by atoms with Crippen LogP contribution in [0.3, 0.4) is 0 Å². The van der Waals surface area contributed by atoms with Crippen LogP contribution in [0.4, 0.5) is 0 Å². The van der Waals surface area contributed by atoms with Crippen LogP contribution in [0.25, 0.3) is 0 Å². The van der Waals surface area contributed by atoms with Gasteiger partial charge in [0.05, 0.1) is 4.90 Å². The number of carbonyl (C=O) groups excluding carboxylic acids is 2. The molecule has 0 aliphatic carbocycles. The molecule has 0 fully saturated rings. The Morgan fingerprint density at radius 2 is 1.55 bits per heavy atom. The molecule has 5 nitrogen and oxygen atoms in total. The number of hydrogen-bond donors (Lipinski definition) is 1. The normalized spacial score (nSPS) is 10.8. The van der Waals surface area contributed by atoms with Crippen molar-refractivity contribution in [2.24, 2.45) is 0 Å². The maximum Gasteiger partial charge on any atom is 0.264 e. The Morgan fingerprint density at radius 3 is 2.10 bits per heavy atom. The van der Waals surface area contributed by atoms with E-state index in [9.17, 15) is 18.0 Å². The van der Waals surface area contributed by atoms with Crippen molar-refractivity contribution in [3.05, 3.63) is 65.7 Å². The molecule has 1 N–H and O–H groups in total. The molecule has 0 saturated heterocycles. The van der Waals surface area contributed by atoms with Crippen molar-refractivity contribution < 1.29 is 18.0 Å². The quantitative estimate of drug-likeness (QED) is 0.918. The fourth-order valence-corrected chi connectivity index (χ4v) is 2.51. The summed E-state index contributed by atoms with van der Waals surface area (Å²) in [5, 5.41) is 0. The predicted octanol–water partition coefficient (Wildman–Crippen LogP) is 1.26. The third-order valence-electron chi connectivity index (χ3n) is 2.55. The molecular formula is C14H10NO4S. The van der Waals surface area contributed by atoms with E-state index in [1.54, 1.807) is 24.5 Å². The van der Waals surface area contributed by atoms with Gasteiger partial charge in [-0.1, -0.05) is 18.2 Å². The molecule has 101 valence electrons. The van der Waals surface area contributed by atoms with Crippen LogP contribution in [0.1, 0.15) is 15.9 Å². The van der Waals surface area contributed by atoms with Gasteiger partial charge < -0.3 is 0 Å². The van der Waals surface area contributed by atoms with Crippen LogP contribution in [0.5, 0.6) is 0 Å². The van der Waals surface area contributed by atoms with Crippen LogP contribution in [-0.2, 0) is 14.8 Å². The average Bonchev–Trinajstić information content (AvgIpc) is 2.48. The fourth-order valence-electron chi connectivity index (χ4n) is 1.53. The van der Waals surface area contributed by atoms with E-state index < -0.39 is 15.9 Å². The van der Waals surface area contributed by atoms with Gasteiger partial charge >= 0.3 is 0 Å². The highest BCUT2D eigenvalue weighted by Gasteiger charge is 2.18. The molecule has 0 heterocycles. The van der Waals surface area contributed by atoms with Crippen LogP contribution in [-0.4, -0.2) is 20.6 Å². The molecule has 2 aromatic rings. The molecular weight excluding hydrogens is 278 g/mol. The maximum atomic E-state index is 12.0. The third kappa shape index (κ3) is 3.10. The Morgan fingerprint density at radius 1 is 0.950 bits per heavy atom. The van der Waals surface area contributed by atoms with E-state index in [1.807, 2.05) is 4.72 Å². The van der Waals surface area contributed by atoms with Crippen molar-refractivity contribution in [2.45, 2.75) is 4.90 Å².